The fourth-order valence-corrected chi connectivity index (χ4v) is 4.14. The van der Waals surface area contributed by atoms with Crippen LogP contribution in [0.25, 0.3) is 0 Å². The lowest BCUT2D eigenvalue weighted by molar-refractivity contribution is -0.385. The van der Waals surface area contributed by atoms with Gasteiger partial charge in [-0.25, -0.2) is 13.1 Å². The third kappa shape index (κ3) is 6.37. The highest BCUT2D eigenvalue weighted by Gasteiger charge is 2.21. The molecule has 156 valence electrons. The molecule has 0 saturated heterocycles. The summed E-state index contributed by atoms with van der Waals surface area (Å²) in [5.74, 6) is -0.278. The molecule has 0 spiro atoms. The number of sulfonamides is 1. The van der Waals surface area contributed by atoms with Gasteiger partial charge >= 0.3 is 0 Å². The zero-order chi connectivity index (χ0) is 21.8. The standard InChI is InChI=1S/C20H25N3O5S/c1-14-17(6-5-7-18(14)23(25)26)21-19(24)13-10-15-8-11-16(12-9-15)29(27,28)22-20(2,3)4/h5-9,11-12,22H,10,13H2,1-4H3,(H,21,24). The number of hydrogen-bond donors (Lipinski definition) is 2. The lowest BCUT2D eigenvalue weighted by Gasteiger charge is -2.20. The van der Waals surface area contributed by atoms with Gasteiger partial charge in [0.2, 0.25) is 15.9 Å². The first-order valence-electron chi connectivity index (χ1n) is 9.06. The summed E-state index contributed by atoms with van der Waals surface area (Å²) in [6, 6.07) is 10.9. The highest BCUT2D eigenvalue weighted by molar-refractivity contribution is 7.89. The normalized spacial score (nSPS) is 11.9. The van der Waals surface area contributed by atoms with E-state index in [1.165, 1.54) is 24.3 Å². The molecule has 0 atom stereocenters. The molecule has 0 saturated carbocycles. The number of nitro groups is 1. The molecule has 8 nitrogen and oxygen atoms in total. The van der Waals surface area contributed by atoms with E-state index in [1.807, 2.05) is 0 Å². The SMILES string of the molecule is Cc1c(NC(=O)CCc2ccc(S(=O)(=O)NC(C)(C)C)cc2)cccc1[N+](=O)[O-]. The zero-order valence-electron chi connectivity index (χ0n) is 16.9. The number of rotatable bonds is 7. The Bertz CT molecular complexity index is 1010. The van der Waals surface area contributed by atoms with Crippen molar-refractivity contribution in [1.82, 2.24) is 4.72 Å². The number of carbonyl (C=O) groups is 1. The number of nitrogens with one attached hydrogen (secondary N) is 2. The van der Waals surface area contributed by atoms with Crippen molar-refractivity contribution < 1.29 is 18.1 Å². The van der Waals surface area contributed by atoms with Crippen LogP contribution in [0.3, 0.4) is 0 Å². The highest BCUT2D eigenvalue weighted by atomic mass is 32.2. The van der Waals surface area contributed by atoms with Crippen LogP contribution >= 0.6 is 0 Å². The summed E-state index contributed by atoms with van der Waals surface area (Å²) >= 11 is 0. The van der Waals surface area contributed by atoms with Crippen molar-refractivity contribution in [3.63, 3.8) is 0 Å². The fourth-order valence-electron chi connectivity index (χ4n) is 2.72. The number of aryl methyl sites for hydroxylation is 1. The molecule has 2 rings (SSSR count). The molecule has 2 aromatic carbocycles. The monoisotopic (exact) mass is 419 g/mol. The first kappa shape index (κ1) is 22.5. The van der Waals surface area contributed by atoms with Gasteiger partial charge in [0.1, 0.15) is 0 Å². The lowest BCUT2D eigenvalue weighted by Crippen LogP contribution is -2.40. The first-order valence-corrected chi connectivity index (χ1v) is 10.5. The van der Waals surface area contributed by atoms with Gasteiger partial charge in [0.15, 0.2) is 0 Å². The Morgan fingerprint density at radius 1 is 1.10 bits per heavy atom. The van der Waals surface area contributed by atoms with Gasteiger partial charge in [-0.3, -0.25) is 14.9 Å². The number of amides is 1. The molecule has 0 fully saturated rings. The third-order valence-electron chi connectivity index (χ3n) is 4.09. The molecule has 9 heteroatoms. The predicted molar refractivity (Wildman–Crippen MR) is 111 cm³/mol. The van der Waals surface area contributed by atoms with E-state index in [4.69, 9.17) is 0 Å². The van der Waals surface area contributed by atoms with Crippen LogP contribution in [0.15, 0.2) is 47.4 Å². The number of carbonyl (C=O) groups excluding carboxylic acids is 1. The lowest BCUT2D eigenvalue weighted by atomic mass is 10.1. The molecule has 0 radical (unpaired) electrons. The molecule has 2 N–H and O–H groups in total. The molecule has 0 bridgehead atoms. The van der Waals surface area contributed by atoms with Crippen LogP contribution in [0.1, 0.15) is 38.3 Å². The Morgan fingerprint density at radius 2 is 1.72 bits per heavy atom. The molecular formula is C20H25N3O5S. The van der Waals surface area contributed by atoms with E-state index in [-0.39, 0.29) is 22.9 Å². The van der Waals surface area contributed by atoms with Crippen LogP contribution in [0.4, 0.5) is 11.4 Å². The van der Waals surface area contributed by atoms with Crippen molar-refractivity contribution in [2.24, 2.45) is 0 Å². The van der Waals surface area contributed by atoms with Crippen LogP contribution in [0.5, 0.6) is 0 Å². The summed E-state index contributed by atoms with van der Waals surface area (Å²) in [6.07, 6.45) is 0.571. The summed E-state index contributed by atoms with van der Waals surface area (Å²) < 4.78 is 27.2. The molecule has 0 aromatic heterocycles. The molecule has 0 aliphatic carbocycles. The van der Waals surface area contributed by atoms with Gasteiger partial charge < -0.3 is 5.32 Å². The average Bonchev–Trinajstić information content (AvgIpc) is 2.60. The molecular weight excluding hydrogens is 394 g/mol. The van der Waals surface area contributed by atoms with Gasteiger partial charge in [-0.15, -0.1) is 0 Å². The fraction of sp³-hybridized carbons (Fsp3) is 0.350. The van der Waals surface area contributed by atoms with Crippen LogP contribution in [0.2, 0.25) is 0 Å². The highest BCUT2D eigenvalue weighted by Crippen LogP contribution is 2.25. The van der Waals surface area contributed by atoms with E-state index in [9.17, 15) is 23.3 Å². The predicted octanol–water partition coefficient (Wildman–Crippen LogP) is 3.55. The Morgan fingerprint density at radius 3 is 2.28 bits per heavy atom. The van der Waals surface area contributed by atoms with Gasteiger partial charge in [-0.1, -0.05) is 18.2 Å². The number of nitro benzene ring substituents is 1. The van der Waals surface area contributed by atoms with Crippen LogP contribution in [-0.2, 0) is 21.2 Å². The topological polar surface area (TPSA) is 118 Å². The second kappa shape index (κ2) is 8.71. The Kier molecular flexibility index (Phi) is 6.76. The minimum Gasteiger partial charge on any atom is -0.326 e. The Hall–Kier alpha value is -2.78. The van der Waals surface area contributed by atoms with E-state index in [1.54, 1.807) is 45.9 Å². The van der Waals surface area contributed by atoms with Crippen molar-refractivity contribution in [1.29, 1.82) is 0 Å². The molecule has 0 unspecified atom stereocenters. The van der Waals surface area contributed by atoms with Crippen molar-refractivity contribution in [3.8, 4) is 0 Å². The Balaban J connectivity index is 2.00. The number of hydrogen-bond acceptors (Lipinski definition) is 5. The maximum atomic E-state index is 12.3. The molecule has 2 aromatic rings. The quantitative estimate of drug-likeness (QED) is 0.525. The summed E-state index contributed by atoms with van der Waals surface area (Å²) in [7, 11) is -3.61. The van der Waals surface area contributed by atoms with Crippen molar-refractivity contribution in [3.05, 3.63) is 63.7 Å². The summed E-state index contributed by atoms with van der Waals surface area (Å²) in [5, 5.41) is 13.7. The summed E-state index contributed by atoms with van der Waals surface area (Å²) in [4.78, 5) is 22.9. The maximum Gasteiger partial charge on any atom is 0.274 e. The molecule has 1 amide bonds. The van der Waals surface area contributed by atoms with Crippen molar-refractivity contribution >= 4 is 27.3 Å². The van der Waals surface area contributed by atoms with E-state index >= 15 is 0 Å². The van der Waals surface area contributed by atoms with E-state index < -0.39 is 20.5 Å². The summed E-state index contributed by atoms with van der Waals surface area (Å²) in [5.41, 5.74) is 0.972. The number of anilines is 1. The van der Waals surface area contributed by atoms with E-state index in [0.717, 1.165) is 5.56 Å². The second-order valence-corrected chi connectivity index (χ2v) is 9.44. The van der Waals surface area contributed by atoms with Crippen molar-refractivity contribution in [2.45, 2.75) is 51.0 Å². The first-order chi connectivity index (χ1) is 13.4. The van der Waals surface area contributed by atoms with Gasteiger partial charge in [0.25, 0.3) is 5.69 Å². The van der Waals surface area contributed by atoms with Crippen LogP contribution < -0.4 is 10.0 Å². The molecule has 0 aliphatic rings. The van der Waals surface area contributed by atoms with Gasteiger partial charge in [0, 0.05) is 18.0 Å². The van der Waals surface area contributed by atoms with E-state index in [0.29, 0.717) is 17.7 Å². The number of nitrogens with zero attached hydrogens (tertiary/aromatic N) is 1. The molecule has 0 heterocycles. The van der Waals surface area contributed by atoms with Gasteiger partial charge in [-0.05, 0) is 57.9 Å². The van der Waals surface area contributed by atoms with Gasteiger partial charge in [-0.2, -0.15) is 0 Å². The van der Waals surface area contributed by atoms with E-state index in [2.05, 4.69) is 10.0 Å². The Labute approximate surface area is 170 Å². The minimum atomic E-state index is -3.61. The average molecular weight is 420 g/mol. The maximum absolute atomic E-state index is 12.3. The second-order valence-electron chi connectivity index (χ2n) is 7.75. The summed E-state index contributed by atoms with van der Waals surface area (Å²) in [6.45, 7) is 6.88. The molecule has 0 aliphatic heterocycles. The largest absolute Gasteiger partial charge is 0.326 e. The van der Waals surface area contributed by atoms with Crippen LogP contribution in [0, 0.1) is 17.0 Å². The third-order valence-corrected chi connectivity index (χ3v) is 5.86. The van der Waals surface area contributed by atoms with Gasteiger partial charge in [0.05, 0.1) is 21.1 Å². The number of benzene rings is 2. The zero-order valence-corrected chi connectivity index (χ0v) is 17.7. The smallest absolute Gasteiger partial charge is 0.274 e. The van der Waals surface area contributed by atoms with Crippen molar-refractivity contribution in [2.75, 3.05) is 5.32 Å². The van der Waals surface area contributed by atoms with Crippen LogP contribution in [-0.4, -0.2) is 24.8 Å². The minimum absolute atomic E-state index is 0.0523. The molecule has 29 heavy (non-hydrogen) atoms.